The van der Waals surface area contributed by atoms with Crippen molar-refractivity contribution < 1.29 is 10.2 Å². The van der Waals surface area contributed by atoms with Gasteiger partial charge in [0.05, 0.1) is 13.2 Å². The minimum atomic E-state index is 0.0603. The monoisotopic (exact) mass is 249 g/mol. The van der Waals surface area contributed by atoms with E-state index in [9.17, 15) is 10.2 Å². The molecule has 1 aromatic rings. The molecule has 2 N–H and O–H groups in total. The van der Waals surface area contributed by atoms with Gasteiger partial charge in [0.1, 0.15) is 0 Å². The average Bonchev–Trinajstić information content (AvgIpc) is 2.46. The second-order valence-electron chi connectivity index (χ2n) is 5.00. The average molecular weight is 249 g/mol. The number of anilines is 1. The summed E-state index contributed by atoms with van der Waals surface area (Å²) in [5, 5.41) is 18.7. The first-order valence-corrected chi connectivity index (χ1v) is 6.93. The molecule has 0 aliphatic heterocycles. The zero-order valence-corrected chi connectivity index (χ0v) is 10.9. The van der Waals surface area contributed by atoms with Gasteiger partial charge in [0.15, 0.2) is 0 Å². The van der Waals surface area contributed by atoms with Crippen LogP contribution in [0.3, 0.4) is 0 Å². The normalized spacial score (nSPS) is 16.8. The number of hydrogen-bond acceptors (Lipinski definition) is 3. The third kappa shape index (κ3) is 3.03. The van der Waals surface area contributed by atoms with Crippen molar-refractivity contribution in [1.82, 2.24) is 0 Å². The standard InChI is InChI=1S/C15H23NO2/c17-11-10-16(14-7-2-1-3-8-14)15-9-5-4-6-13(15)12-18/h4-6,9,14,17-18H,1-3,7-8,10-12H2. The van der Waals surface area contributed by atoms with Crippen LogP contribution in [0.15, 0.2) is 24.3 Å². The van der Waals surface area contributed by atoms with E-state index in [0.717, 1.165) is 11.3 Å². The molecule has 0 atom stereocenters. The number of aliphatic hydroxyl groups excluding tert-OH is 2. The van der Waals surface area contributed by atoms with Gasteiger partial charge in [-0.3, -0.25) is 0 Å². The van der Waals surface area contributed by atoms with Crippen LogP contribution in [0.2, 0.25) is 0 Å². The van der Waals surface area contributed by atoms with E-state index < -0.39 is 0 Å². The summed E-state index contributed by atoms with van der Waals surface area (Å²) in [6.07, 6.45) is 6.26. The Bertz CT molecular complexity index is 361. The molecule has 3 heteroatoms. The molecule has 100 valence electrons. The van der Waals surface area contributed by atoms with Gasteiger partial charge in [-0.2, -0.15) is 0 Å². The maximum atomic E-state index is 9.44. The van der Waals surface area contributed by atoms with Crippen molar-refractivity contribution in [2.24, 2.45) is 0 Å². The highest BCUT2D eigenvalue weighted by molar-refractivity contribution is 5.54. The van der Waals surface area contributed by atoms with Gasteiger partial charge >= 0.3 is 0 Å². The lowest BCUT2D eigenvalue weighted by Crippen LogP contribution is -2.39. The molecule has 0 aromatic heterocycles. The van der Waals surface area contributed by atoms with Gasteiger partial charge in [0.2, 0.25) is 0 Å². The largest absolute Gasteiger partial charge is 0.395 e. The summed E-state index contributed by atoms with van der Waals surface area (Å²) >= 11 is 0. The van der Waals surface area contributed by atoms with E-state index in [-0.39, 0.29) is 13.2 Å². The SMILES string of the molecule is OCCN(c1ccccc1CO)C1CCCCC1. The zero-order chi connectivity index (χ0) is 12.8. The summed E-state index contributed by atoms with van der Waals surface area (Å²) in [6.45, 7) is 0.878. The van der Waals surface area contributed by atoms with E-state index in [1.165, 1.54) is 32.1 Å². The second-order valence-corrected chi connectivity index (χ2v) is 5.00. The number of nitrogens with zero attached hydrogens (tertiary/aromatic N) is 1. The molecule has 1 saturated carbocycles. The quantitative estimate of drug-likeness (QED) is 0.841. The van der Waals surface area contributed by atoms with Crippen molar-refractivity contribution in [1.29, 1.82) is 0 Å². The molecule has 1 aliphatic carbocycles. The van der Waals surface area contributed by atoms with Crippen LogP contribution in [0.1, 0.15) is 37.7 Å². The van der Waals surface area contributed by atoms with Gasteiger partial charge in [-0.05, 0) is 18.9 Å². The van der Waals surface area contributed by atoms with Crippen molar-refractivity contribution >= 4 is 5.69 Å². The minimum Gasteiger partial charge on any atom is -0.395 e. The number of rotatable bonds is 5. The third-order valence-corrected chi connectivity index (χ3v) is 3.83. The number of para-hydroxylation sites is 1. The molecule has 0 bridgehead atoms. The Morgan fingerprint density at radius 1 is 1.06 bits per heavy atom. The molecule has 2 rings (SSSR count). The highest BCUT2D eigenvalue weighted by atomic mass is 16.3. The molecule has 3 nitrogen and oxygen atoms in total. The van der Waals surface area contributed by atoms with Crippen molar-refractivity contribution in [2.45, 2.75) is 44.8 Å². The van der Waals surface area contributed by atoms with Gasteiger partial charge in [-0.1, -0.05) is 37.5 Å². The first kappa shape index (κ1) is 13.4. The number of hydrogen-bond donors (Lipinski definition) is 2. The molecule has 1 aromatic carbocycles. The Hall–Kier alpha value is -1.06. The topological polar surface area (TPSA) is 43.7 Å². The molecule has 0 radical (unpaired) electrons. The third-order valence-electron chi connectivity index (χ3n) is 3.83. The predicted octanol–water partition coefficient (Wildman–Crippen LogP) is 2.31. The summed E-state index contributed by atoms with van der Waals surface area (Å²) in [5.74, 6) is 0. The van der Waals surface area contributed by atoms with Crippen molar-refractivity contribution in [2.75, 3.05) is 18.1 Å². The number of aliphatic hydroxyl groups is 2. The fourth-order valence-corrected chi connectivity index (χ4v) is 2.92. The molecular weight excluding hydrogens is 226 g/mol. The summed E-state index contributed by atoms with van der Waals surface area (Å²) < 4.78 is 0. The summed E-state index contributed by atoms with van der Waals surface area (Å²) in [6, 6.07) is 8.48. The van der Waals surface area contributed by atoms with Crippen LogP contribution >= 0.6 is 0 Å². The second kappa shape index (κ2) is 6.76. The van der Waals surface area contributed by atoms with E-state index in [2.05, 4.69) is 11.0 Å². The van der Waals surface area contributed by atoms with Crippen molar-refractivity contribution in [3.05, 3.63) is 29.8 Å². The van der Waals surface area contributed by atoms with Crippen LogP contribution in [-0.4, -0.2) is 29.4 Å². The van der Waals surface area contributed by atoms with E-state index in [1.807, 2.05) is 18.2 Å². The van der Waals surface area contributed by atoms with Crippen molar-refractivity contribution in [3.63, 3.8) is 0 Å². The molecular formula is C15H23NO2. The van der Waals surface area contributed by atoms with Crippen molar-refractivity contribution in [3.8, 4) is 0 Å². The van der Waals surface area contributed by atoms with Crippen LogP contribution in [0.4, 0.5) is 5.69 Å². The van der Waals surface area contributed by atoms with Crippen LogP contribution < -0.4 is 4.90 Å². The van der Waals surface area contributed by atoms with Gasteiger partial charge in [-0.25, -0.2) is 0 Å². The Morgan fingerprint density at radius 2 is 1.78 bits per heavy atom. The Morgan fingerprint density at radius 3 is 2.44 bits per heavy atom. The molecule has 1 aliphatic rings. The highest BCUT2D eigenvalue weighted by Crippen LogP contribution is 2.29. The zero-order valence-electron chi connectivity index (χ0n) is 10.9. The molecule has 0 unspecified atom stereocenters. The van der Waals surface area contributed by atoms with E-state index in [4.69, 9.17) is 0 Å². The summed E-state index contributed by atoms with van der Waals surface area (Å²) in [4.78, 5) is 2.28. The first-order chi connectivity index (χ1) is 8.86. The molecule has 1 fully saturated rings. The molecule has 0 heterocycles. The van der Waals surface area contributed by atoms with E-state index in [0.29, 0.717) is 12.6 Å². The maximum Gasteiger partial charge on any atom is 0.0702 e. The fraction of sp³-hybridized carbons (Fsp3) is 0.600. The lowest BCUT2D eigenvalue weighted by atomic mass is 9.93. The van der Waals surface area contributed by atoms with Crippen LogP contribution in [-0.2, 0) is 6.61 Å². The fourth-order valence-electron chi connectivity index (χ4n) is 2.92. The lowest BCUT2D eigenvalue weighted by molar-refractivity contribution is 0.277. The molecule has 0 saturated heterocycles. The first-order valence-electron chi connectivity index (χ1n) is 6.93. The predicted molar refractivity (Wildman–Crippen MR) is 73.7 cm³/mol. The molecule has 0 spiro atoms. The summed E-state index contributed by atoms with van der Waals surface area (Å²) in [7, 11) is 0. The van der Waals surface area contributed by atoms with Gasteiger partial charge < -0.3 is 15.1 Å². The van der Waals surface area contributed by atoms with E-state index in [1.54, 1.807) is 0 Å². The van der Waals surface area contributed by atoms with Gasteiger partial charge in [0, 0.05) is 23.8 Å². The van der Waals surface area contributed by atoms with Gasteiger partial charge in [0.25, 0.3) is 0 Å². The van der Waals surface area contributed by atoms with E-state index >= 15 is 0 Å². The number of benzene rings is 1. The minimum absolute atomic E-state index is 0.0603. The highest BCUT2D eigenvalue weighted by Gasteiger charge is 2.22. The lowest BCUT2D eigenvalue weighted by Gasteiger charge is -2.36. The Labute approximate surface area is 109 Å². The smallest absolute Gasteiger partial charge is 0.0702 e. The maximum absolute atomic E-state index is 9.44. The van der Waals surface area contributed by atoms with Gasteiger partial charge in [-0.15, -0.1) is 0 Å². The molecule has 18 heavy (non-hydrogen) atoms. The van der Waals surface area contributed by atoms with Crippen LogP contribution in [0.25, 0.3) is 0 Å². The van der Waals surface area contributed by atoms with Crippen LogP contribution in [0.5, 0.6) is 0 Å². The van der Waals surface area contributed by atoms with Crippen LogP contribution in [0, 0.1) is 0 Å². The molecule has 0 amide bonds. The Kier molecular flexibility index (Phi) is 5.02. The Balaban J connectivity index is 2.22. The summed E-state index contributed by atoms with van der Waals surface area (Å²) in [5.41, 5.74) is 2.04.